The molecule has 0 unspecified atom stereocenters. The van der Waals surface area contributed by atoms with Gasteiger partial charge in [-0.2, -0.15) is 0 Å². The first kappa shape index (κ1) is 12.4. The summed E-state index contributed by atoms with van der Waals surface area (Å²) in [7, 11) is 0. The van der Waals surface area contributed by atoms with E-state index in [1.807, 2.05) is 6.07 Å². The van der Waals surface area contributed by atoms with E-state index >= 15 is 0 Å². The van der Waals surface area contributed by atoms with Gasteiger partial charge in [-0.25, -0.2) is 9.18 Å². The van der Waals surface area contributed by atoms with Gasteiger partial charge in [0.2, 0.25) is 0 Å². The Morgan fingerprint density at radius 3 is 2.33 bits per heavy atom. The van der Waals surface area contributed by atoms with Crippen LogP contribution >= 0.6 is 12.6 Å². The number of rotatable bonds is 2. The van der Waals surface area contributed by atoms with E-state index in [2.05, 4.69) is 23.3 Å². The van der Waals surface area contributed by atoms with E-state index in [4.69, 9.17) is 0 Å². The Hall–Kier alpha value is -2.01. The Labute approximate surface area is 109 Å². The molecule has 0 fully saturated rings. The second-order valence-corrected chi connectivity index (χ2v) is 4.15. The third-order valence-corrected chi connectivity index (χ3v) is 2.48. The number of urea groups is 1. The summed E-state index contributed by atoms with van der Waals surface area (Å²) in [5, 5.41) is 5.25. The number of carbonyl (C=O) groups excluding carboxylic acids is 1. The molecule has 0 aliphatic heterocycles. The Kier molecular flexibility index (Phi) is 3.84. The molecule has 2 N–H and O–H groups in total. The lowest BCUT2D eigenvalue weighted by atomic mass is 10.3. The van der Waals surface area contributed by atoms with E-state index in [0.29, 0.717) is 11.4 Å². The van der Waals surface area contributed by atoms with Crippen LogP contribution in [0.25, 0.3) is 0 Å². The molecule has 2 aromatic carbocycles. The summed E-state index contributed by atoms with van der Waals surface area (Å²) in [5.74, 6) is -0.344. The highest BCUT2D eigenvalue weighted by molar-refractivity contribution is 7.80. The minimum absolute atomic E-state index is 0.344. The van der Waals surface area contributed by atoms with Gasteiger partial charge in [0.15, 0.2) is 0 Å². The molecule has 92 valence electrons. The SMILES string of the molecule is O=C(Nc1ccc(F)cc1)Nc1cccc(S)c1. The highest BCUT2D eigenvalue weighted by Crippen LogP contribution is 2.14. The normalized spacial score (nSPS) is 9.89. The van der Waals surface area contributed by atoms with Crippen LogP contribution in [-0.2, 0) is 0 Å². The minimum Gasteiger partial charge on any atom is -0.308 e. The molecule has 2 rings (SSSR count). The first-order valence-corrected chi connectivity index (χ1v) is 5.71. The molecule has 0 atom stereocenters. The molecule has 2 aromatic rings. The maximum absolute atomic E-state index is 12.7. The Morgan fingerprint density at radius 2 is 1.67 bits per heavy atom. The lowest BCUT2D eigenvalue weighted by Crippen LogP contribution is -2.19. The number of thiol groups is 1. The molecule has 0 spiro atoms. The van der Waals surface area contributed by atoms with Gasteiger partial charge < -0.3 is 10.6 Å². The minimum atomic E-state index is -0.388. The highest BCUT2D eigenvalue weighted by atomic mass is 32.1. The van der Waals surface area contributed by atoms with Gasteiger partial charge in [-0.3, -0.25) is 0 Å². The molecule has 0 saturated carbocycles. The summed E-state index contributed by atoms with van der Waals surface area (Å²) >= 11 is 4.17. The van der Waals surface area contributed by atoms with E-state index in [1.165, 1.54) is 24.3 Å². The average molecular weight is 262 g/mol. The predicted octanol–water partition coefficient (Wildman–Crippen LogP) is 3.76. The van der Waals surface area contributed by atoms with Crippen molar-refractivity contribution in [2.75, 3.05) is 10.6 Å². The van der Waals surface area contributed by atoms with Crippen LogP contribution in [0.5, 0.6) is 0 Å². The van der Waals surface area contributed by atoms with Crippen LogP contribution in [0, 0.1) is 5.82 Å². The summed E-state index contributed by atoms with van der Waals surface area (Å²) in [4.78, 5) is 12.4. The smallest absolute Gasteiger partial charge is 0.308 e. The molecule has 3 nitrogen and oxygen atoms in total. The maximum atomic E-state index is 12.7. The van der Waals surface area contributed by atoms with Gasteiger partial charge in [0.1, 0.15) is 5.82 Å². The summed E-state index contributed by atoms with van der Waals surface area (Å²) < 4.78 is 12.7. The molecule has 0 radical (unpaired) electrons. The first-order chi connectivity index (χ1) is 8.63. The topological polar surface area (TPSA) is 41.1 Å². The quantitative estimate of drug-likeness (QED) is 0.709. The second kappa shape index (κ2) is 5.55. The van der Waals surface area contributed by atoms with E-state index in [9.17, 15) is 9.18 Å². The maximum Gasteiger partial charge on any atom is 0.323 e. The highest BCUT2D eigenvalue weighted by Gasteiger charge is 2.02. The number of hydrogen-bond donors (Lipinski definition) is 3. The lowest BCUT2D eigenvalue weighted by molar-refractivity contribution is 0.262. The van der Waals surface area contributed by atoms with Crippen LogP contribution in [-0.4, -0.2) is 6.03 Å². The van der Waals surface area contributed by atoms with Crippen LogP contribution in [0.15, 0.2) is 53.4 Å². The van der Waals surface area contributed by atoms with Crippen molar-refractivity contribution in [3.63, 3.8) is 0 Å². The van der Waals surface area contributed by atoms with Gasteiger partial charge in [0.05, 0.1) is 0 Å². The van der Waals surface area contributed by atoms with Crippen LogP contribution in [0.1, 0.15) is 0 Å². The lowest BCUT2D eigenvalue weighted by Gasteiger charge is -2.07. The zero-order chi connectivity index (χ0) is 13.0. The molecular weight excluding hydrogens is 251 g/mol. The van der Waals surface area contributed by atoms with Gasteiger partial charge in [0.25, 0.3) is 0 Å². The Balaban J connectivity index is 1.98. The third-order valence-electron chi connectivity index (χ3n) is 2.21. The number of carbonyl (C=O) groups is 1. The van der Waals surface area contributed by atoms with Gasteiger partial charge in [0, 0.05) is 16.3 Å². The van der Waals surface area contributed by atoms with Crippen molar-refractivity contribution in [1.29, 1.82) is 0 Å². The van der Waals surface area contributed by atoms with Gasteiger partial charge in [-0.1, -0.05) is 6.07 Å². The summed E-state index contributed by atoms with van der Waals surface area (Å²) in [6.07, 6.45) is 0. The second-order valence-electron chi connectivity index (χ2n) is 3.64. The fraction of sp³-hybridized carbons (Fsp3) is 0. The van der Waals surface area contributed by atoms with E-state index in [1.54, 1.807) is 18.2 Å². The monoisotopic (exact) mass is 262 g/mol. The number of anilines is 2. The number of halogens is 1. The van der Waals surface area contributed by atoms with E-state index in [-0.39, 0.29) is 11.8 Å². The van der Waals surface area contributed by atoms with Crippen molar-refractivity contribution in [3.8, 4) is 0 Å². The molecule has 18 heavy (non-hydrogen) atoms. The number of benzene rings is 2. The fourth-order valence-electron chi connectivity index (χ4n) is 1.41. The first-order valence-electron chi connectivity index (χ1n) is 5.26. The standard InChI is InChI=1S/C13H11FN2OS/c14-9-4-6-10(7-5-9)15-13(17)16-11-2-1-3-12(18)8-11/h1-8,18H,(H2,15,16,17). The van der Waals surface area contributed by atoms with Gasteiger partial charge >= 0.3 is 6.03 Å². The molecule has 2 amide bonds. The van der Waals surface area contributed by atoms with Crippen molar-refractivity contribution in [3.05, 3.63) is 54.3 Å². The summed E-state index contributed by atoms with van der Waals surface area (Å²) in [6, 6.07) is 12.2. The molecule has 0 saturated heterocycles. The molecule has 0 aromatic heterocycles. The summed E-state index contributed by atoms with van der Waals surface area (Å²) in [5.41, 5.74) is 1.16. The van der Waals surface area contributed by atoms with Crippen molar-refractivity contribution in [1.82, 2.24) is 0 Å². The van der Waals surface area contributed by atoms with Crippen LogP contribution in [0.3, 0.4) is 0 Å². The number of nitrogens with one attached hydrogen (secondary N) is 2. The Bertz CT molecular complexity index is 557. The molecule has 0 heterocycles. The van der Waals surface area contributed by atoms with Crippen molar-refractivity contribution >= 4 is 30.0 Å². The van der Waals surface area contributed by atoms with E-state index in [0.717, 1.165) is 4.90 Å². The van der Waals surface area contributed by atoms with Crippen molar-refractivity contribution in [2.24, 2.45) is 0 Å². The molecule has 5 heteroatoms. The van der Waals surface area contributed by atoms with Crippen LogP contribution in [0.4, 0.5) is 20.6 Å². The van der Waals surface area contributed by atoms with Gasteiger partial charge in [-0.15, -0.1) is 12.6 Å². The van der Waals surface area contributed by atoms with Crippen molar-refractivity contribution < 1.29 is 9.18 Å². The molecule has 0 aliphatic rings. The summed E-state index contributed by atoms with van der Waals surface area (Å²) in [6.45, 7) is 0. The predicted molar refractivity (Wildman–Crippen MR) is 72.7 cm³/mol. The zero-order valence-corrected chi connectivity index (χ0v) is 10.2. The molecule has 0 bridgehead atoms. The van der Waals surface area contributed by atoms with Crippen LogP contribution < -0.4 is 10.6 Å². The van der Waals surface area contributed by atoms with Crippen LogP contribution in [0.2, 0.25) is 0 Å². The number of hydrogen-bond acceptors (Lipinski definition) is 2. The fourth-order valence-corrected chi connectivity index (χ4v) is 1.64. The van der Waals surface area contributed by atoms with Gasteiger partial charge in [-0.05, 0) is 42.5 Å². The van der Waals surface area contributed by atoms with E-state index < -0.39 is 0 Å². The average Bonchev–Trinajstić information content (AvgIpc) is 2.32. The largest absolute Gasteiger partial charge is 0.323 e. The third kappa shape index (κ3) is 3.49. The molecular formula is C13H11FN2OS. The van der Waals surface area contributed by atoms with Crippen molar-refractivity contribution in [2.45, 2.75) is 4.90 Å². The number of amides is 2. The zero-order valence-electron chi connectivity index (χ0n) is 9.35. The molecule has 0 aliphatic carbocycles. The Morgan fingerprint density at radius 1 is 1.00 bits per heavy atom.